The lowest BCUT2D eigenvalue weighted by atomic mass is 10.2. The summed E-state index contributed by atoms with van der Waals surface area (Å²) < 4.78 is 2.01. The Hall–Kier alpha value is -3.29. The van der Waals surface area contributed by atoms with Crippen molar-refractivity contribution in [3.63, 3.8) is 0 Å². The van der Waals surface area contributed by atoms with Crippen LogP contribution in [0, 0.1) is 18.3 Å². The summed E-state index contributed by atoms with van der Waals surface area (Å²) in [4.78, 5) is 12.4. The van der Waals surface area contributed by atoms with Gasteiger partial charge in [-0.1, -0.05) is 29.8 Å². The number of anilines is 1. The van der Waals surface area contributed by atoms with Crippen molar-refractivity contribution in [3.05, 3.63) is 88.7 Å². The molecule has 0 aliphatic carbocycles. The lowest BCUT2D eigenvalue weighted by Gasteiger charge is -2.04. The van der Waals surface area contributed by atoms with Crippen LogP contribution in [0.15, 0.2) is 72.4 Å². The summed E-state index contributed by atoms with van der Waals surface area (Å²) in [6.07, 6.45) is 3.48. The minimum Gasteiger partial charge on any atom is -0.321 e. The van der Waals surface area contributed by atoms with Crippen LogP contribution in [0.4, 0.5) is 5.69 Å². The minimum atomic E-state index is -0.458. The Morgan fingerprint density at radius 1 is 1.15 bits per heavy atom. The van der Waals surface area contributed by atoms with Gasteiger partial charge in [0.05, 0.1) is 0 Å². The summed E-state index contributed by atoms with van der Waals surface area (Å²) in [6, 6.07) is 20.5. The number of hydrogen-bond donors (Lipinski definition) is 1. The predicted octanol–water partition coefficient (Wildman–Crippen LogP) is 4.98. The van der Waals surface area contributed by atoms with Crippen molar-refractivity contribution in [2.24, 2.45) is 0 Å². The van der Waals surface area contributed by atoms with E-state index in [1.165, 1.54) is 0 Å². The van der Waals surface area contributed by atoms with Gasteiger partial charge in [-0.15, -0.1) is 0 Å². The van der Waals surface area contributed by atoms with E-state index in [2.05, 4.69) is 5.32 Å². The Labute approximate surface area is 157 Å². The SMILES string of the molecule is Cc1cc(/C=C(\C#N)C(=O)Nc2ccc(Cl)cc2)cn1-c1ccccc1. The van der Waals surface area contributed by atoms with Gasteiger partial charge in [0.15, 0.2) is 0 Å². The number of benzene rings is 2. The average molecular weight is 362 g/mol. The highest BCUT2D eigenvalue weighted by atomic mass is 35.5. The highest BCUT2D eigenvalue weighted by Crippen LogP contribution is 2.18. The second-order valence-electron chi connectivity index (χ2n) is 5.75. The summed E-state index contributed by atoms with van der Waals surface area (Å²) in [5.74, 6) is -0.458. The molecular formula is C21H16ClN3O. The zero-order chi connectivity index (χ0) is 18.5. The van der Waals surface area contributed by atoms with E-state index in [1.807, 2.05) is 60.2 Å². The fourth-order valence-corrected chi connectivity index (χ4v) is 2.72. The molecule has 0 unspecified atom stereocenters. The number of carbonyl (C=O) groups excluding carboxylic acids is 1. The van der Waals surface area contributed by atoms with E-state index in [4.69, 9.17) is 11.6 Å². The number of aromatic nitrogens is 1. The van der Waals surface area contributed by atoms with Gasteiger partial charge in [-0.25, -0.2) is 0 Å². The maximum Gasteiger partial charge on any atom is 0.266 e. The number of aryl methyl sites for hydroxylation is 1. The topological polar surface area (TPSA) is 57.8 Å². The van der Waals surface area contributed by atoms with Crippen molar-refractivity contribution in [2.75, 3.05) is 5.32 Å². The normalized spacial score (nSPS) is 11.0. The lowest BCUT2D eigenvalue weighted by Crippen LogP contribution is -2.13. The zero-order valence-corrected chi connectivity index (χ0v) is 14.9. The molecule has 1 N–H and O–H groups in total. The summed E-state index contributed by atoms with van der Waals surface area (Å²) in [5.41, 5.74) is 3.43. The van der Waals surface area contributed by atoms with Gasteiger partial charge < -0.3 is 9.88 Å². The molecule has 26 heavy (non-hydrogen) atoms. The predicted molar refractivity (Wildman–Crippen MR) is 104 cm³/mol. The molecule has 2 aromatic carbocycles. The highest BCUT2D eigenvalue weighted by molar-refractivity contribution is 6.30. The molecule has 0 fully saturated rings. The Bertz CT molecular complexity index is 996. The maximum absolute atomic E-state index is 12.4. The van der Waals surface area contributed by atoms with Crippen LogP contribution in [0.25, 0.3) is 11.8 Å². The molecule has 0 bridgehead atoms. The standard InChI is InChI=1S/C21H16ClN3O/c1-15-11-16(14-25(15)20-5-3-2-4-6-20)12-17(13-23)21(26)24-19-9-7-18(22)8-10-19/h2-12,14H,1H3,(H,24,26)/b17-12+. The van der Waals surface area contributed by atoms with Crippen LogP contribution in [-0.2, 0) is 4.79 Å². The van der Waals surface area contributed by atoms with Crippen LogP contribution >= 0.6 is 11.6 Å². The molecule has 3 rings (SSSR count). The number of halogens is 1. The smallest absolute Gasteiger partial charge is 0.266 e. The third-order valence-corrected chi connectivity index (χ3v) is 4.10. The van der Waals surface area contributed by atoms with Gasteiger partial charge in [-0.05, 0) is 61.0 Å². The molecule has 3 aromatic rings. The van der Waals surface area contributed by atoms with E-state index in [0.717, 1.165) is 16.9 Å². The molecule has 0 spiro atoms. The van der Waals surface area contributed by atoms with Crippen LogP contribution in [0.2, 0.25) is 5.02 Å². The first-order valence-electron chi connectivity index (χ1n) is 8.00. The summed E-state index contributed by atoms with van der Waals surface area (Å²) >= 11 is 5.83. The number of nitrogens with one attached hydrogen (secondary N) is 1. The quantitative estimate of drug-likeness (QED) is 0.526. The number of nitriles is 1. The first kappa shape index (κ1) is 17.5. The molecule has 5 heteroatoms. The summed E-state index contributed by atoms with van der Waals surface area (Å²) in [5, 5.41) is 12.6. The summed E-state index contributed by atoms with van der Waals surface area (Å²) in [7, 11) is 0. The van der Waals surface area contributed by atoms with E-state index in [9.17, 15) is 10.1 Å². The molecule has 1 amide bonds. The molecule has 1 heterocycles. The number of nitrogens with zero attached hydrogens (tertiary/aromatic N) is 2. The van der Waals surface area contributed by atoms with Crippen molar-refractivity contribution in [3.8, 4) is 11.8 Å². The first-order chi connectivity index (χ1) is 12.6. The Morgan fingerprint density at radius 2 is 1.85 bits per heavy atom. The fraction of sp³-hybridized carbons (Fsp3) is 0.0476. The molecule has 0 aliphatic heterocycles. The average Bonchev–Trinajstić information content (AvgIpc) is 3.02. The van der Waals surface area contributed by atoms with Gasteiger partial charge in [-0.3, -0.25) is 4.79 Å². The van der Waals surface area contributed by atoms with E-state index >= 15 is 0 Å². The van der Waals surface area contributed by atoms with Crippen molar-refractivity contribution >= 4 is 29.3 Å². The van der Waals surface area contributed by atoms with Gasteiger partial charge in [0, 0.05) is 28.3 Å². The number of carbonyl (C=O) groups is 1. The van der Waals surface area contributed by atoms with Crippen molar-refractivity contribution in [1.82, 2.24) is 4.57 Å². The van der Waals surface area contributed by atoms with Gasteiger partial charge >= 0.3 is 0 Å². The Morgan fingerprint density at radius 3 is 2.50 bits per heavy atom. The van der Waals surface area contributed by atoms with Gasteiger partial charge in [0.2, 0.25) is 0 Å². The largest absolute Gasteiger partial charge is 0.321 e. The number of para-hydroxylation sites is 1. The molecule has 4 nitrogen and oxygen atoms in total. The van der Waals surface area contributed by atoms with Crippen LogP contribution < -0.4 is 5.32 Å². The third kappa shape index (κ3) is 4.02. The van der Waals surface area contributed by atoms with E-state index in [-0.39, 0.29) is 5.57 Å². The number of amides is 1. The van der Waals surface area contributed by atoms with Crippen molar-refractivity contribution in [2.45, 2.75) is 6.92 Å². The monoisotopic (exact) mass is 361 g/mol. The van der Waals surface area contributed by atoms with E-state index < -0.39 is 5.91 Å². The molecule has 1 aromatic heterocycles. The van der Waals surface area contributed by atoms with Crippen LogP contribution in [0.3, 0.4) is 0 Å². The first-order valence-corrected chi connectivity index (χ1v) is 8.38. The van der Waals surface area contributed by atoms with Crippen molar-refractivity contribution < 1.29 is 4.79 Å². The molecular weight excluding hydrogens is 346 g/mol. The van der Waals surface area contributed by atoms with Crippen molar-refractivity contribution in [1.29, 1.82) is 5.26 Å². The third-order valence-electron chi connectivity index (χ3n) is 3.85. The molecule has 0 aliphatic rings. The maximum atomic E-state index is 12.4. The van der Waals surface area contributed by atoms with Gasteiger partial charge in [0.25, 0.3) is 5.91 Å². The minimum absolute atomic E-state index is 0.0326. The summed E-state index contributed by atoms with van der Waals surface area (Å²) in [6.45, 7) is 1.98. The van der Waals surface area contributed by atoms with Crippen LogP contribution in [0.5, 0.6) is 0 Å². The molecule has 0 saturated carbocycles. The molecule has 0 atom stereocenters. The van der Waals surface area contributed by atoms with Crippen LogP contribution in [-0.4, -0.2) is 10.5 Å². The number of rotatable bonds is 4. The van der Waals surface area contributed by atoms with Crippen LogP contribution in [0.1, 0.15) is 11.3 Å². The molecule has 0 radical (unpaired) electrons. The van der Waals surface area contributed by atoms with E-state index in [1.54, 1.807) is 30.3 Å². The van der Waals surface area contributed by atoms with Gasteiger partial charge in [-0.2, -0.15) is 5.26 Å². The molecule has 0 saturated heterocycles. The Balaban J connectivity index is 1.84. The number of hydrogen-bond acceptors (Lipinski definition) is 2. The Kier molecular flexibility index (Phi) is 5.21. The highest BCUT2D eigenvalue weighted by Gasteiger charge is 2.11. The van der Waals surface area contributed by atoms with E-state index in [0.29, 0.717) is 10.7 Å². The second kappa shape index (κ2) is 7.73. The zero-order valence-electron chi connectivity index (χ0n) is 14.1. The fourth-order valence-electron chi connectivity index (χ4n) is 2.59. The second-order valence-corrected chi connectivity index (χ2v) is 6.19. The van der Waals surface area contributed by atoms with Gasteiger partial charge in [0.1, 0.15) is 11.6 Å². The lowest BCUT2D eigenvalue weighted by molar-refractivity contribution is -0.112. The molecule has 128 valence electrons.